The van der Waals surface area contributed by atoms with E-state index in [2.05, 4.69) is 191 Å². The third kappa shape index (κ3) is 7.58. The van der Waals surface area contributed by atoms with E-state index >= 15 is 0 Å². The molecule has 0 bridgehead atoms. The molecule has 278 valence electrons. The van der Waals surface area contributed by atoms with Gasteiger partial charge < -0.3 is 0 Å². The van der Waals surface area contributed by atoms with E-state index in [-0.39, 0.29) is 11.8 Å². The van der Waals surface area contributed by atoms with Crippen molar-refractivity contribution < 1.29 is 0 Å². The number of aromatic nitrogens is 3. The Morgan fingerprint density at radius 3 is 1.58 bits per heavy atom. The zero-order valence-electron chi connectivity index (χ0n) is 32.6. The van der Waals surface area contributed by atoms with Gasteiger partial charge in [-0.3, -0.25) is 0 Å². The highest BCUT2D eigenvalue weighted by Crippen LogP contribution is 2.53. The van der Waals surface area contributed by atoms with Gasteiger partial charge in [-0.15, -0.1) is 11.8 Å². The number of hydrogen-bond acceptors (Lipinski definition) is 4. The van der Waals surface area contributed by atoms with E-state index in [1.54, 1.807) is 0 Å². The van der Waals surface area contributed by atoms with Gasteiger partial charge >= 0.3 is 0 Å². The van der Waals surface area contributed by atoms with E-state index in [4.69, 9.17) is 15.0 Å². The predicted molar refractivity (Wildman–Crippen MR) is 239 cm³/mol. The van der Waals surface area contributed by atoms with Gasteiger partial charge in [0.1, 0.15) is 5.82 Å². The van der Waals surface area contributed by atoms with Crippen LogP contribution in [0.15, 0.2) is 181 Å². The molecule has 1 aliphatic rings. The Kier molecular flexibility index (Phi) is 10.4. The third-order valence-electron chi connectivity index (χ3n) is 11.3. The van der Waals surface area contributed by atoms with Crippen molar-refractivity contribution in [2.24, 2.45) is 0 Å². The normalized spacial score (nSPS) is 15.3. The van der Waals surface area contributed by atoms with Crippen LogP contribution in [0.5, 0.6) is 0 Å². The maximum absolute atomic E-state index is 5.36. The van der Waals surface area contributed by atoms with Crippen LogP contribution in [0.2, 0.25) is 0 Å². The van der Waals surface area contributed by atoms with Gasteiger partial charge in [0.2, 0.25) is 0 Å². The van der Waals surface area contributed by atoms with E-state index in [1.165, 1.54) is 49.4 Å². The fourth-order valence-corrected chi connectivity index (χ4v) is 9.99. The summed E-state index contributed by atoms with van der Waals surface area (Å²) in [6.45, 7) is 6.78. The standard InChI is InChI=1S/C53H45N3S/c1-4-16-49-50(47-34-45(29-30-48(47)57-49)43-26-15-25-42(32-43)41-24-14-23-40(31-41)37-17-8-5-9-18-37)36(3)51-54-52(39-21-12-7-13-22-39)56-53(55-51)46-33-44(28-27-35(46)2)38-19-10-6-11-20-38/h5-15,17-34,36,49-50H,4,16H2,1-3H3. The monoisotopic (exact) mass is 755 g/mol. The summed E-state index contributed by atoms with van der Waals surface area (Å²) in [6, 6.07) is 63.1. The average Bonchev–Trinajstić information content (AvgIpc) is 3.64. The first-order valence-electron chi connectivity index (χ1n) is 20.1. The Morgan fingerprint density at radius 2 is 0.982 bits per heavy atom. The van der Waals surface area contributed by atoms with Crippen molar-refractivity contribution in [2.75, 3.05) is 0 Å². The zero-order chi connectivity index (χ0) is 38.7. The topological polar surface area (TPSA) is 38.7 Å². The molecule has 4 heteroatoms. The first-order valence-corrected chi connectivity index (χ1v) is 20.9. The summed E-state index contributed by atoms with van der Waals surface area (Å²) >= 11 is 2.03. The Hall–Kier alpha value is -6.10. The lowest BCUT2D eigenvalue weighted by Crippen LogP contribution is -2.20. The highest BCUT2D eigenvalue weighted by Gasteiger charge is 2.38. The average molecular weight is 756 g/mol. The van der Waals surface area contributed by atoms with Crippen LogP contribution >= 0.6 is 11.8 Å². The molecule has 1 aliphatic heterocycles. The summed E-state index contributed by atoms with van der Waals surface area (Å²) in [6.07, 6.45) is 2.24. The van der Waals surface area contributed by atoms with Crippen LogP contribution in [0.1, 0.15) is 55.5 Å². The van der Waals surface area contributed by atoms with Gasteiger partial charge in [-0.05, 0) is 99.3 Å². The van der Waals surface area contributed by atoms with Crippen molar-refractivity contribution in [1.82, 2.24) is 15.0 Å². The molecule has 9 rings (SSSR count). The second kappa shape index (κ2) is 16.2. The maximum Gasteiger partial charge on any atom is 0.164 e. The van der Waals surface area contributed by atoms with Crippen molar-refractivity contribution in [3.63, 3.8) is 0 Å². The van der Waals surface area contributed by atoms with Gasteiger partial charge in [0.05, 0.1) is 0 Å². The minimum absolute atomic E-state index is 0.0550. The van der Waals surface area contributed by atoms with Gasteiger partial charge in [-0.2, -0.15) is 0 Å². The molecule has 1 aromatic heterocycles. The Bertz CT molecular complexity index is 2660. The first kappa shape index (κ1) is 36.5. The molecular formula is C53H45N3S. The van der Waals surface area contributed by atoms with Crippen LogP contribution in [0.4, 0.5) is 0 Å². The Labute approximate surface area is 341 Å². The summed E-state index contributed by atoms with van der Waals surface area (Å²) in [5.41, 5.74) is 14.2. The lowest BCUT2D eigenvalue weighted by molar-refractivity contribution is 0.512. The second-order valence-electron chi connectivity index (χ2n) is 15.1. The molecule has 3 nitrogen and oxygen atoms in total. The minimum Gasteiger partial charge on any atom is -0.213 e. The van der Waals surface area contributed by atoms with Gasteiger partial charge in [-0.1, -0.05) is 166 Å². The number of benzene rings is 7. The first-order chi connectivity index (χ1) is 28.0. The molecule has 0 saturated carbocycles. The van der Waals surface area contributed by atoms with Crippen molar-refractivity contribution in [3.8, 4) is 67.3 Å². The number of rotatable bonds is 10. The van der Waals surface area contributed by atoms with Crippen molar-refractivity contribution in [1.29, 1.82) is 0 Å². The molecule has 57 heavy (non-hydrogen) atoms. The van der Waals surface area contributed by atoms with Crippen LogP contribution in [0.25, 0.3) is 67.3 Å². The van der Waals surface area contributed by atoms with Gasteiger partial charge in [0, 0.05) is 33.1 Å². The lowest BCUT2D eigenvalue weighted by atomic mass is 9.81. The molecule has 0 N–H and O–H groups in total. The summed E-state index contributed by atoms with van der Waals surface area (Å²) < 4.78 is 0. The third-order valence-corrected chi connectivity index (χ3v) is 12.8. The Morgan fingerprint density at radius 1 is 0.491 bits per heavy atom. The van der Waals surface area contributed by atoms with E-state index in [0.29, 0.717) is 11.1 Å². The largest absolute Gasteiger partial charge is 0.213 e. The Balaban J connectivity index is 1.11. The lowest BCUT2D eigenvalue weighted by Gasteiger charge is -2.26. The van der Waals surface area contributed by atoms with E-state index in [9.17, 15) is 0 Å². The van der Waals surface area contributed by atoms with Gasteiger partial charge in [0.15, 0.2) is 11.6 Å². The van der Waals surface area contributed by atoms with Crippen LogP contribution < -0.4 is 0 Å². The fraction of sp³-hybridized carbons (Fsp3) is 0.151. The number of hydrogen-bond donors (Lipinski definition) is 0. The SMILES string of the molecule is CCCC1Sc2ccc(-c3cccc(-c4cccc(-c5ccccc5)c4)c3)cc2C1C(C)c1nc(-c2ccccc2)nc(-c2cc(-c3ccccc3)ccc2C)n1. The molecule has 0 fully saturated rings. The molecule has 8 aromatic rings. The van der Waals surface area contributed by atoms with E-state index in [0.717, 1.165) is 46.7 Å². The smallest absolute Gasteiger partial charge is 0.164 e. The quantitative estimate of drug-likeness (QED) is 0.139. The highest BCUT2D eigenvalue weighted by atomic mass is 32.2. The zero-order valence-corrected chi connectivity index (χ0v) is 33.5. The molecule has 0 radical (unpaired) electrons. The van der Waals surface area contributed by atoms with Gasteiger partial charge in [0.25, 0.3) is 0 Å². The van der Waals surface area contributed by atoms with Crippen molar-refractivity contribution >= 4 is 11.8 Å². The molecule has 0 saturated heterocycles. The van der Waals surface area contributed by atoms with Crippen LogP contribution in [-0.4, -0.2) is 20.2 Å². The predicted octanol–water partition coefficient (Wildman–Crippen LogP) is 14.3. The summed E-state index contributed by atoms with van der Waals surface area (Å²) in [7, 11) is 0. The summed E-state index contributed by atoms with van der Waals surface area (Å²) in [5, 5.41) is 0.422. The number of nitrogens with zero attached hydrogens (tertiary/aromatic N) is 3. The van der Waals surface area contributed by atoms with Crippen LogP contribution in [-0.2, 0) is 0 Å². The molecule has 0 amide bonds. The molecule has 3 unspecified atom stereocenters. The van der Waals surface area contributed by atoms with E-state index < -0.39 is 0 Å². The van der Waals surface area contributed by atoms with Crippen molar-refractivity contribution in [2.45, 2.75) is 55.6 Å². The van der Waals surface area contributed by atoms with Crippen molar-refractivity contribution in [3.05, 3.63) is 193 Å². The fourth-order valence-electron chi connectivity index (χ4n) is 8.30. The van der Waals surface area contributed by atoms with Crippen LogP contribution in [0.3, 0.4) is 0 Å². The molecule has 3 atom stereocenters. The maximum atomic E-state index is 5.36. The molecule has 0 aliphatic carbocycles. The minimum atomic E-state index is 0.0550. The highest BCUT2D eigenvalue weighted by molar-refractivity contribution is 8.00. The molecular weight excluding hydrogens is 711 g/mol. The number of thioether (sulfide) groups is 1. The second-order valence-corrected chi connectivity index (χ2v) is 16.4. The molecule has 0 spiro atoms. The molecule has 2 heterocycles. The molecule has 7 aromatic carbocycles. The number of fused-ring (bicyclic) bond motifs is 1. The summed E-state index contributed by atoms with van der Waals surface area (Å²) in [5.74, 6) is 2.58. The van der Waals surface area contributed by atoms with Crippen LogP contribution in [0, 0.1) is 6.92 Å². The number of aryl methyl sites for hydroxylation is 1. The van der Waals surface area contributed by atoms with Gasteiger partial charge in [-0.25, -0.2) is 15.0 Å². The summed E-state index contributed by atoms with van der Waals surface area (Å²) in [4.78, 5) is 17.2. The van der Waals surface area contributed by atoms with E-state index in [1.807, 2.05) is 17.8 Å².